The van der Waals surface area contributed by atoms with Crippen molar-refractivity contribution in [2.24, 2.45) is 0 Å². The van der Waals surface area contributed by atoms with E-state index >= 15 is 0 Å². The second-order valence-electron chi connectivity index (χ2n) is 4.04. The van der Waals surface area contributed by atoms with Crippen molar-refractivity contribution in [2.45, 2.75) is 26.4 Å². The zero-order valence-corrected chi connectivity index (χ0v) is 9.25. The van der Waals surface area contributed by atoms with Crippen LogP contribution in [0.2, 0.25) is 0 Å². The molecule has 0 aromatic heterocycles. The minimum absolute atomic E-state index is 0.289. The summed E-state index contributed by atoms with van der Waals surface area (Å²) in [5.74, 6) is 0.289. The Morgan fingerprint density at radius 3 is 2.56 bits per heavy atom. The average molecular weight is 227 g/mol. The largest absolute Gasteiger partial charge is 0.433 e. The normalized spacial score (nSPS) is 15.9. The molecule has 1 fully saturated rings. The highest BCUT2D eigenvalue weighted by Gasteiger charge is 2.18. The van der Waals surface area contributed by atoms with Crippen LogP contribution in [0.5, 0.6) is 5.75 Å². The highest BCUT2D eigenvalue weighted by Crippen LogP contribution is 2.32. The van der Waals surface area contributed by atoms with Crippen molar-refractivity contribution in [3.05, 3.63) is 23.8 Å². The van der Waals surface area contributed by atoms with Crippen molar-refractivity contribution in [3.8, 4) is 5.75 Å². The van der Waals surface area contributed by atoms with Crippen LogP contribution in [0.25, 0.3) is 0 Å². The highest BCUT2D eigenvalue weighted by molar-refractivity contribution is 5.60. The molecule has 0 bridgehead atoms. The molecule has 1 aromatic carbocycles. The van der Waals surface area contributed by atoms with Gasteiger partial charge in [-0.15, -0.1) is 0 Å². The summed E-state index contributed by atoms with van der Waals surface area (Å²) in [5.41, 5.74) is 1.71. The van der Waals surface area contributed by atoms with Gasteiger partial charge in [0.1, 0.15) is 5.75 Å². The number of aryl methyl sites for hydroxylation is 1. The van der Waals surface area contributed by atoms with Crippen molar-refractivity contribution >= 4 is 5.69 Å². The SMILES string of the molecule is Cc1ccc(N2CCCC2)c(OC(F)F)c1. The molecule has 0 radical (unpaired) electrons. The van der Waals surface area contributed by atoms with Gasteiger partial charge in [0.2, 0.25) is 0 Å². The maximum absolute atomic E-state index is 12.3. The molecule has 16 heavy (non-hydrogen) atoms. The zero-order valence-electron chi connectivity index (χ0n) is 9.25. The quantitative estimate of drug-likeness (QED) is 0.786. The number of nitrogens with zero attached hydrogens (tertiary/aromatic N) is 1. The highest BCUT2D eigenvalue weighted by atomic mass is 19.3. The monoisotopic (exact) mass is 227 g/mol. The molecule has 0 aliphatic carbocycles. The minimum Gasteiger partial charge on any atom is -0.433 e. The van der Waals surface area contributed by atoms with Gasteiger partial charge in [0.25, 0.3) is 0 Å². The van der Waals surface area contributed by atoms with E-state index in [0.717, 1.165) is 37.2 Å². The molecule has 1 aliphatic heterocycles. The van der Waals surface area contributed by atoms with E-state index in [1.165, 1.54) is 0 Å². The number of benzene rings is 1. The summed E-state index contributed by atoms with van der Waals surface area (Å²) in [4.78, 5) is 2.09. The first-order valence-corrected chi connectivity index (χ1v) is 5.47. The fourth-order valence-corrected chi connectivity index (χ4v) is 2.03. The maximum atomic E-state index is 12.3. The van der Waals surface area contributed by atoms with Gasteiger partial charge in [0.15, 0.2) is 0 Å². The topological polar surface area (TPSA) is 12.5 Å². The van der Waals surface area contributed by atoms with Gasteiger partial charge < -0.3 is 9.64 Å². The molecule has 1 saturated heterocycles. The predicted molar refractivity (Wildman–Crippen MR) is 59.3 cm³/mol. The maximum Gasteiger partial charge on any atom is 0.387 e. The Labute approximate surface area is 93.8 Å². The standard InChI is InChI=1S/C12H15F2NO/c1-9-4-5-10(15-6-2-3-7-15)11(8-9)16-12(13)14/h4-5,8,12H,2-3,6-7H2,1H3. The Balaban J connectivity index is 2.27. The van der Waals surface area contributed by atoms with Crippen LogP contribution < -0.4 is 9.64 Å². The van der Waals surface area contributed by atoms with Gasteiger partial charge in [-0.05, 0) is 37.5 Å². The Hall–Kier alpha value is -1.32. The average Bonchev–Trinajstić information content (AvgIpc) is 2.69. The van der Waals surface area contributed by atoms with E-state index in [4.69, 9.17) is 0 Å². The summed E-state index contributed by atoms with van der Waals surface area (Å²) in [7, 11) is 0. The number of rotatable bonds is 3. The van der Waals surface area contributed by atoms with E-state index in [-0.39, 0.29) is 5.75 Å². The third-order valence-corrected chi connectivity index (χ3v) is 2.78. The van der Waals surface area contributed by atoms with Crippen LogP contribution in [-0.2, 0) is 0 Å². The third kappa shape index (κ3) is 2.43. The van der Waals surface area contributed by atoms with E-state index in [1.807, 2.05) is 19.1 Å². The summed E-state index contributed by atoms with van der Waals surface area (Å²) >= 11 is 0. The Morgan fingerprint density at radius 2 is 1.94 bits per heavy atom. The molecule has 2 rings (SSSR count). The first-order valence-electron chi connectivity index (χ1n) is 5.47. The molecule has 0 amide bonds. The van der Waals surface area contributed by atoms with Crippen LogP contribution in [-0.4, -0.2) is 19.7 Å². The molecule has 1 aromatic rings. The molecule has 2 nitrogen and oxygen atoms in total. The molecular formula is C12H15F2NO. The van der Waals surface area contributed by atoms with Gasteiger partial charge in [0.05, 0.1) is 5.69 Å². The number of hydrogen-bond acceptors (Lipinski definition) is 2. The van der Waals surface area contributed by atoms with E-state index in [9.17, 15) is 8.78 Å². The van der Waals surface area contributed by atoms with E-state index in [2.05, 4.69) is 9.64 Å². The number of alkyl halides is 2. The Bertz CT molecular complexity index is 362. The third-order valence-electron chi connectivity index (χ3n) is 2.78. The van der Waals surface area contributed by atoms with Crippen molar-refractivity contribution < 1.29 is 13.5 Å². The van der Waals surface area contributed by atoms with Gasteiger partial charge in [-0.3, -0.25) is 0 Å². The van der Waals surface area contributed by atoms with Gasteiger partial charge in [-0.1, -0.05) is 6.07 Å². The lowest BCUT2D eigenvalue weighted by atomic mass is 10.2. The molecule has 1 heterocycles. The first-order chi connectivity index (χ1) is 7.66. The Morgan fingerprint density at radius 1 is 1.25 bits per heavy atom. The zero-order chi connectivity index (χ0) is 11.5. The van der Waals surface area contributed by atoms with E-state index in [0.29, 0.717) is 0 Å². The number of hydrogen-bond donors (Lipinski definition) is 0. The minimum atomic E-state index is -2.76. The van der Waals surface area contributed by atoms with Crippen molar-refractivity contribution in [2.75, 3.05) is 18.0 Å². The molecule has 0 spiro atoms. The number of halogens is 2. The van der Waals surface area contributed by atoms with Crippen molar-refractivity contribution in [3.63, 3.8) is 0 Å². The fourth-order valence-electron chi connectivity index (χ4n) is 2.03. The van der Waals surface area contributed by atoms with Crippen LogP contribution in [0.3, 0.4) is 0 Å². The molecule has 0 atom stereocenters. The van der Waals surface area contributed by atoms with E-state index in [1.54, 1.807) is 6.07 Å². The predicted octanol–water partition coefficient (Wildman–Crippen LogP) is 3.20. The lowest BCUT2D eigenvalue weighted by molar-refractivity contribution is -0.0495. The van der Waals surface area contributed by atoms with Gasteiger partial charge in [-0.25, -0.2) is 0 Å². The summed E-state index contributed by atoms with van der Waals surface area (Å²) in [5, 5.41) is 0. The van der Waals surface area contributed by atoms with Crippen LogP contribution in [0.15, 0.2) is 18.2 Å². The summed E-state index contributed by atoms with van der Waals surface area (Å²) < 4.78 is 29.1. The lowest BCUT2D eigenvalue weighted by Crippen LogP contribution is -2.19. The first kappa shape index (κ1) is 11.2. The summed E-state index contributed by atoms with van der Waals surface area (Å²) in [6.07, 6.45) is 2.23. The fraction of sp³-hybridized carbons (Fsp3) is 0.500. The smallest absolute Gasteiger partial charge is 0.387 e. The van der Waals surface area contributed by atoms with E-state index < -0.39 is 6.61 Å². The van der Waals surface area contributed by atoms with Crippen LogP contribution in [0.1, 0.15) is 18.4 Å². The molecule has 4 heteroatoms. The van der Waals surface area contributed by atoms with Crippen LogP contribution in [0.4, 0.5) is 14.5 Å². The molecule has 1 aliphatic rings. The summed E-state index contributed by atoms with van der Waals surface area (Å²) in [6, 6.07) is 5.45. The second kappa shape index (κ2) is 4.68. The summed E-state index contributed by atoms with van der Waals surface area (Å²) in [6.45, 7) is 0.945. The lowest BCUT2D eigenvalue weighted by Gasteiger charge is -2.21. The van der Waals surface area contributed by atoms with Crippen LogP contribution in [0, 0.1) is 6.92 Å². The van der Waals surface area contributed by atoms with Crippen LogP contribution >= 0.6 is 0 Å². The van der Waals surface area contributed by atoms with Gasteiger partial charge >= 0.3 is 6.61 Å². The molecule has 0 N–H and O–H groups in total. The molecule has 88 valence electrons. The van der Waals surface area contributed by atoms with Crippen molar-refractivity contribution in [1.82, 2.24) is 0 Å². The molecule has 0 saturated carbocycles. The van der Waals surface area contributed by atoms with Crippen molar-refractivity contribution in [1.29, 1.82) is 0 Å². The van der Waals surface area contributed by atoms with Gasteiger partial charge in [-0.2, -0.15) is 8.78 Å². The second-order valence-corrected chi connectivity index (χ2v) is 4.04. The molecular weight excluding hydrogens is 212 g/mol. The Kier molecular flexibility index (Phi) is 3.27. The van der Waals surface area contributed by atoms with Gasteiger partial charge in [0, 0.05) is 13.1 Å². The number of anilines is 1. The number of ether oxygens (including phenoxy) is 1. The molecule has 0 unspecified atom stereocenters.